The van der Waals surface area contributed by atoms with Crippen molar-refractivity contribution in [1.29, 1.82) is 0 Å². The number of carbonyl (C=O) groups excluding carboxylic acids is 1. The van der Waals surface area contributed by atoms with E-state index in [2.05, 4.69) is 17.6 Å². The molecule has 1 saturated heterocycles. The molecule has 1 aliphatic rings. The van der Waals surface area contributed by atoms with Gasteiger partial charge in [0.2, 0.25) is 5.91 Å². The van der Waals surface area contributed by atoms with Gasteiger partial charge in [0.15, 0.2) is 0 Å². The number of nitrogens with one attached hydrogen (secondary N) is 2. The predicted octanol–water partition coefficient (Wildman–Crippen LogP) is 4.47. The zero-order chi connectivity index (χ0) is 20.3. The van der Waals surface area contributed by atoms with E-state index in [0.717, 1.165) is 43.7 Å². The largest absolute Gasteiger partial charge is 0.494 e. The highest BCUT2D eigenvalue weighted by molar-refractivity contribution is 5.95. The summed E-state index contributed by atoms with van der Waals surface area (Å²) in [6.45, 7) is 4.27. The second kappa shape index (κ2) is 11.3. The van der Waals surface area contributed by atoms with Crippen LogP contribution in [0.4, 0.5) is 11.4 Å². The van der Waals surface area contributed by atoms with Crippen molar-refractivity contribution in [2.24, 2.45) is 0 Å². The molecule has 0 radical (unpaired) electrons. The number of hydrogen-bond donors (Lipinski definition) is 2. The highest BCUT2D eigenvalue weighted by Gasteiger charge is 2.17. The van der Waals surface area contributed by atoms with E-state index in [-0.39, 0.29) is 18.6 Å². The van der Waals surface area contributed by atoms with Crippen LogP contribution in [-0.2, 0) is 9.53 Å². The van der Waals surface area contributed by atoms with Gasteiger partial charge in [0.05, 0.1) is 24.9 Å². The fraction of sp³-hybridized carbons (Fsp3) is 0.435. The summed E-state index contributed by atoms with van der Waals surface area (Å²) in [6.07, 6.45) is 4.33. The third kappa shape index (κ3) is 6.98. The van der Waals surface area contributed by atoms with Gasteiger partial charge in [-0.2, -0.15) is 0 Å². The van der Waals surface area contributed by atoms with E-state index in [4.69, 9.17) is 14.2 Å². The summed E-state index contributed by atoms with van der Waals surface area (Å²) in [5.41, 5.74) is 1.51. The van der Waals surface area contributed by atoms with Gasteiger partial charge in [-0.05, 0) is 43.5 Å². The smallest absolute Gasteiger partial charge is 0.243 e. The van der Waals surface area contributed by atoms with Gasteiger partial charge in [0.25, 0.3) is 0 Å². The third-order valence-corrected chi connectivity index (χ3v) is 4.66. The molecular formula is C23H30N2O4. The number of para-hydroxylation sites is 2. The van der Waals surface area contributed by atoms with Crippen molar-refractivity contribution in [1.82, 2.24) is 0 Å². The van der Waals surface area contributed by atoms with Gasteiger partial charge in [0, 0.05) is 18.4 Å². The molecule has 0 aliphatic carbocycles. The van der Waals surface area contributed by atoms with Gasteiger partial charge in [-0.25, -0.2) is 0 Å². The number of benzene rings is 2. The Morgan fingerprint density at radius 3 is 2.90 bits per heavy atom. The standard InChI is InChI=1S/C23H30N2O4/c1-2-3-13-27-19-9-6-8-18(15-19)24-16-23(26)25-21-11-4-5-12-22(21)29-17-20-10-7-14-28-20/h4-6,8-9,11-12,15,20,24H,2-3,7,10,13-14,16-17H2,1H3,(H,25,26). The van der Waals surface area contributed by atoms with Gasteiger partial charge >= 0.3 is 0 Å². The summed E-state index contributed by atoms with van der Waals surface area (Å²) in [6, 6.07) is 15.1. The van der Waals surface area contributed by atoms with E-state index in [1.54, 1.807) is 0 Å². The zero-order valence-electron chi connectivity index (χ0n) is 17.0. The lowest BCUT2D eigenvalue weighted by molar-refractivity contribution is -0.114. The Labute approximate surface area is 172 Å². The fourth-order valence-corrected chi connectivity index (χ4v) is 3.06. The molecule has 2 aromatic rings. The van der Waals surface area contributed by atoms with Crippen LogP contribution >= 0.6 is 0 Å². The Kier molecular flexibility index (Phi) is 8.19. The highest BCUT2D eigenvalue weighted by Crippen LogP contribution is 2.25. The van der Waals surface area contributed by atoms with Crippen LogP contribution < -0.4 is 20.1 Å². The molecule has 1 amide bonds. The number of unbranched alkanes of at least 4 members (excludes halogenated alkanes) is 1. The van der Waals surface area contributed by atoms with Crippen molar-refractivity contribution in [2.45, 2.75) is 38.7 Å². The summed E-state index contributed by atoms with van der Waals surface area (Å²) >= 11 is 0. The van der Waals surface area contributed by atoms with Crippen LogP contribution in [0.15, 0.2) is 48.5 Å². The molecule has 1 unspecified atom stereocenters. The predicted molar refractivity (Wildman–Crippen MR) is 115 cm³/mol. The molecule has 1 atom stereocenters. The minimum Gasteiger partial charge on any atom is -0.494 e. The first-order valence-corrected chi connectivity index (χ1v) is 10.3. The van der Waals surface area contributed by atoms with Crippen LogP contribution in [0, 0.1) is 0 Å². The van der Waals surface area contributed by atoms with Crippen molar-refractivity contribution >= 4 is 17.3 Å². The molecule has 6 nitrogen and oxygen atoms in total. The monoisotopic (exact) mass is 398 g/mol. The van der Waals surface area contributed by atoms with Crippen molar-refractivity contribution in [3.05, 3.63) is 48.5 Å². The van der Waals surface area contributed by atoms with Crippen LogP contribution in [0.5, 0.6) is 11.5 Å². The lowest BCUT2D eigenvalue weighted by Gasteiger charge is -2.15. The third-order valence-electron chi connectivity index (χ3n) is 4.66. The average molecular weight is 399 g/mol. The summed E-state index contributed by atoms with van der Waals surface area (Å²) in [5.74, 6) is 1.31. The molecule has 3 rings (SSSR count). The van der Waals surface area contributed by atoms with E-state index in [1.807, 2.05) is 48.5 Å². The Morgan fingerprint density at radius 2 is 2.07 bits per heavy atom. The Morgan fingerprint density at radius 1 is 1.17 bits per heavy atom. The zero-order valence-corrected chi connectivity index (χ0v) is 17.0. The maximum Gasteiger partial charge on any atom is 0.243 e. The topological polar surface area (TPSA) is 68.8 Å². The van der Waals surface area contributed by atoms with E-state index in [0.29, 0.717) is 24.7 Å². The minimum atomic E-state index is -0.143. The van der Waals surface area contributed by atoms with Crippen molar-refractivity contribution < 1.29 is 19.0 Å². The van der Waals surface area contributed by atoms with Crippen molar-refractivity contribution in [3.63, 3.8) is 0 Å². The molecule has 2 aromatic carbocycles. The fourth-order valence-electron chi connectivity index (χ4n) is 3.06. The van der Waals surface area contributed by atoms with Crippen LogP contribution in [0.2, 0.25) is 0 Å². The molecule has 29 heavy (non-hydrogen) atoms. The SMILES string of the molecule is CCCCOc1cccc(NCC(=O)Nc2ccccc2OCC2CCCO2)c1. The summed E-state index contributed by atoms with van der Waals surface area (Å²) in [5, 5.41) is 6.05. The second-order valence-corrected chi connectivity index (χ2v) is 7.07. The number of amides is 1. The molecule has 1 heterocycles. The first kappa shape index (κ1) is 21.0. The maximum absolute atomic E-state index is 12.4. The molecule has 0 aromatic heterocycles. The number of ether oxygens (including phenoxy) is 3. The van der Waals surface area contributed by atoms with Crippen LogP contribution in [0.25, 0.3) is 0 Å². The van der Waals surface area contributed by atoms with Crippen LogP contribution in [0.1, 0.15) is 32.6 Å². The molecule has 0 bridgehead atoms. The number of carbonyl (C=O) groups is 1. The Bertz CT molecular complexity index is 775. The molecule has 0 spiro atoms. The lowest BCUT2D eigenvalue weighted by atomic mass is 10.2. The summed E-state index contributed by atoms with van der Waals surface area (Å²) in [7, 11) is 0. The second-order valence-electron chi connectivity index (χ2n) is 7.07. The number of hydrogen-bond acceptors (Lipinski definition) is 5. The highest BCUT2D eigenvalue weighted by atomic mass is 16.5. The van der Waals surface area contributed by atoms with Gasteiger partial charge in [-0.1, -0.05) is 31.5 Å². The van der Waals surface area contributed by atoms with Crippen molar-refractivity contribution in [3.8, 4) is 11.5 Å². The number of rotatable bonds is 11. The average Bonchev–Trinajstić information content (AvgIpc) is 3.26. The van der Waals surface area contributed by atoms with Gasteiger partial charge in [-0.15, -0.1) is 0 Å². The minimum absolute atomic E-state index is 0.132. The molecule has 2 N–H and O–H groups in total. The lowest BCUT2D eigenvalue weighted by Crippen LogP contribution is -2.22. The Balaban J connectivity index is 1.48. The summed E-state index contributed by atoms with van der Waals surface area (Å²) < 4.78 is 17.2. The van der Waals surface area contributed by atoms with Gasteiger partial charge in [-0.3, -0.25) is 4.79 Å². The number of anilines is 2. The van der Waals surface area contributed by atoms with E-state index >= 15 is 0 Å². The molecule has 156 valence electrons. The van der Waals surface area contributed by atoms with E-state index in [9.17, 15) is 4.79 Å². The molecule has 6 heteroatoms. The van der Waals surface area contributed by atoms with Crippen LogP contribution in [0.3, 0.4) is 0 Å². The first-order chi connectivity index (χ1) is 14.2. The first-order valence-electron chi connectivity index (χ1n) is 10.3. The van der Waals surface area contributed by atoms with Crippen molar-refractivity contribution in [2.75, 3.05) is 37.0 Å². The maximum atomic E-state index is 12.4. The van der Waals surface area contributed by atoms with E-state index < -0.39 is 0 Å². The van der Waals surface area contributed by atoms with Gasteiger partial charge in [0.1, 0.15) is 18.1 Å². The normalized spacial score (nSPS) is 15.7. The molecule has 0 saturated carbocycles. The molecule has 1 fully saturated rings. The molecule has 1 aliphatic heterocycles. The molecular weight excluding hydrogens is 368 g/mol. The van der Waals surface area contributed by atoms with Crippen LogP contribution in [-0.4, -0.2) is 38.4 Å². The quantitative estimate of drug-likeness (QED) is 0.547. The Hall–Kier alpha value is -2.73. The van der Waals surface area contributed by atoms with Gasteiger partial charge < -0.3 is 24.8 Å². The summed E-state index contributed by atoms with van der Waals surface area (Å²) in [4.78, 5) is 12.4. The van der Waals surface area contributed by atoms with E-state index in [1.165, 1.54) is 0 Å².